The minimum atomic E-state index is -0.363. The van der Waals surface area contributed by atoms with Gasteiger partial charge >= 0.3 is 6.09 Å². The Morgan fingerprint density at radius 2 is 1.94 bits per heavy atom. The number of rotatable bonds is 2. The third-order valence-corrected chi connectivity index (χ3v) is 2.61. The van der Waals surface area contributed by atoms with Crippen LogP contribution in [0.3, 0.4) is 0 Å². The number of nitrogens with one attached hydrogen (secondary N) is 2. The molecule has 2 N–H and O–H groups in total. The van der Waals surface area contributed by atoms with Crippen molar-refractivity contribution in [3.05, 3.63) is 30.3 Å². The Labute approximate surface area is 95.0 Å². The summed E-state index contributed by atoms with van der Waals surface area (Å²) in [6, 6.07) is 9.33. The first-order valence-corrected chi connectivity index (χ1v) is 5.59. The monoisotopic (exact) mass is 220 g/mol. The topological polar surface area (TPSA) is 50.4 Å². The summed E-state index contributed by atoms with van der Waals surface area (Å²) in [5.41, 5.74) is 0. The number of amides is 1. The quantitative estimate of drug-likeness (QED) is 0.794. The van der Waals surface area contributed by atoms with Crippen molar-refractivity contribution in [3.8, 4) is 5.75 Å². The van der Waals surface area contributed by atoms with Crippen molar-refractivity contribution in [1.82, 2.24) is 10.6 Å². The van der Waals surface area contributed by atoms with Crippen molar-refractivity contribution in [3.63, 3.8) is 0 Å². The molecule has 0 saturated carbocycles. The minimum Gasteiger partial charge on any atom is -0.410 e. The number of carbonyl (C=O) groups excluding carboxylic acids is 1. The Kier molecular flexibility index (Phi) is 3.77. The highest BCUT2D eigenvalue weighted by molar-refractivity contribution is 5.70. The van der Waals surface area contributed by atoms with Crippen LogP contribution >= 0.6 is 0 Å². The van der Waals surface area contributed by atoms with Gasteiger partial charge in [0.25, 0.3) is 0 Å². The number of hydrogen-bond acceptors (Lipinski definition) is 3. The molecule has 2 rings (SSSR count). The van der Waals surface area contributed by atoms with Gasteiger partial charge in [-0.2, -0.15) is 0 Å². The van der Waals surface area contributed by atoms with Crippen LogP contribution in [0.1, 0.15) is 12.8 Å². The van der Waals surface area contributed by atoms with Gasteiger partial charge in [0.2, 0.25) is 0 Å². The highest BCUT2D eigenvalue weighted by Crippen LogP contribution is 2.09. The summed E-state index contributed by atoms with van der Waals surface area (Å²) in [5.74, 6) is 0.578. The van der Waals surface area contributed by atoms with Crippen molar-refractivity contribution in [1.29, 1.82) is 0 Å². The molecule has 1 aliphatic heterocycles. The first-order valence-electron chi connectivity index (χ1n) is 5.59. The fourth-order valence-electron chi connectivity index (χ4n) is 1.76. The second kappa shape index (κ2) is 5.51. The summed E-state index contributed by atoms with van der Waals surface area (Å²) in [6.45, 7) is 1.91. The molecule has 0 bridgehead atoms. The van der Waals surface area contributed by atoms with Crippen molar-refractivity contribution in [2.75, 3.05) is 13.1 Å². The SMILES string of the molecule is O=C(NC1CCNCC1)Oc1ccccc1. The molecule has 4 heteroatoms. The van der Waals surface area contributed by atoms with E-state index in [0.29, 0.717) is 5.75 Å². The molecular weight excluding hydrogens is 204 g/mol. The molecule has 86 valence electrons. The van der Waals surface area contributed by atoms with Crippen molar-refractivity contribution >= 4 is 6.09 Å². The fourth-order valence-corrected chi connectivity index (χ4v) is 1.76. The molecule has 0 aromatic heterocycles. The van der Waals surface area contributed by atoms with E-state index in [9.17, 15) is 4.79 Å². The molecule has 0 aliphatic carbocycles. The molecule has 1 saturated heterocycles. The van der Waals surface area contributed by atoms with Crippen molar-refractivity contribution < 1.29 is 9.53 Å². The third kappa shape index (κ3) is 3.24. The zero-order valence-corrected chi connectivity index (χ0v) is 9.11. The molecule has 1 amide bonds. The Morgan fingerprint density at radius 3 is 2.62 bits per heavy atom. The van der Waals surface area contributed by atoms with Gasteiger partial charge in [-0.05, 0) is 38.1 Å². The smallest absolute Gasteiger partial charge is 0.410 e. The lowest BCUT2D eigenvalue weighted by Gasteiger charge is -2.23. The van der Waals surface area contributed by atoms with Crippen LogP contribution in [-0.4, -0.2) is 25.2 Å². The van der Waals surface area contributed by atoms with Crippen LogP contribution in [-0.2, 0) is 0 Å². The third-order valence-electron chi connectivity index (χ3n) is 2.61. The largest absolute Gasteiger partial charge is 0.412 e. The summed E-state index contributed by atoms with van der Waals surface area (Å²) in [7, 11) is 0. The van der Waals surface area contributed by atoms with Gasteiger partial charge in [-0.15, -0.1) is 0 Å². The number of para-hydroxylation sites is 1. The zero-order chi connectivity index (χ0) is 11.2. The number of piperidine rings is 1. The molecule has 0 unspecified atom stereocenters. The number of benzene rings is 1. The normalized spacial score (nSPS) is 16.8. The van der Waals surface area contributed by atoms with E-state index < -0.39 is 0 Å². The molecule has 1 fully saturated rings. The van der Waals surface area contributed by atoms with Gasteiger partial charge < -0.3 is 15.4 Å². The molecule has 0 spiro atoms. The molecule has 1 heterocycles. The van der Waals surface area contributed by atoms with Crippen LogP contribution in [0, 0.1) is 0 Å². The zero-order valence-electron chi connectivity index (χ0n) is 9.11. The predicted octanol–water partition coefficient (Wildman–Crippen LogP) is 1.53. The van der Waals surface area contributed by atoms with Gasteiger partial charge in [0.05, 0.1) is 0 Å². The Bertz CT molecular complexity index is 334. The lowest BCUT2D eigenvalue weighted by molar-refractivity contribution is 0.193. The van der Waals surface area contributed by atoms with Gasteiger partial charge in [-0.25, -0.2) is 4.79 Å². The molecule has 0 atom stereocenters. The Morgan fingerprint density at radius 1 is 1.25 bits per heavy atom. The summed E-state index contributed by atoms with van der Waals surface area (Å²) in [5, 5.41) is 6.11. The molecule has 16 heavy (non-hydrogen) atoms. The van der Waals surface area contributed by atoms with Gasteiger partial charge in [0.15, 0.2) is 0 Å². The van der Waals surface area contributed by atoms with Crippen LogP contribution in [0.25, 0.3) is 0 Å². The van der Waals surface area contributed by atoms with E-state index in [2.05, 4.69) is 10.6 Å². The molecule has 1 aromatic carbocycles. The van der Waals surface area contributed by atoms with Gasteiger partial charge in [0.1, 0.15) is 5.75 Å². The predicted molar refractivity (Wildman–Crippen MR) is 61.5 cm³/mol. The Balaban J connectivity index is 1.80. The van der Waals surface area contributed by atoms with Crippen LogP contribution in [0.15, 0.2) is 30.3 Å². The van der Waals surface area contributed by atoms with E-state index in [-0.39, 0.29) is 12.1 Å². The van der Waals surface area contributed by atoms with Crippen LogP contribution in [0.2, 0.25) is 0 Å². The van der Waals surface area contributed by atoms with Crippen LogP contribution in [0.4, 0.5) is 4.79 Å². The van der Waals surface area contributed by atoms with Crippen LogP contribution in [0.5, 0.6) is 5.75 Å². The molecule has 4 nitrogen and oxygen atoms in total. The second-order valence-corrected chi connectivity index (χ2v) is 3.87. The number of carbonyl (C=O) groups is 1. The maximum atomic E-state index is 11.5. The summed E-state index contributed by atoms with van der Waals surface area (Å²) in [4.78, 5) is 11.5. The Hall–Kier alpha value is -1.55. The first kappa shape index (κ1) is 11.0. The maximum Gasteiger partial charge on any atom is 0.412 e. The molecule has 1 aliphatic rings. The minimum absolute atomic E-state index is 0.234. The first-order chi connectivity index (χ1) is 7.84. The second-order valence-electron chi connectivity index (χ2n) is 3.87. The summed E-state index contributed by atoms with van der Waals surface area (Å²) < 4.78 is 5.15. The van der Waals surface area contributed by atoms with E-state index in [4.69, 9.17) is 4.74 Å². The average molecular weight is 220 g/mol. The molecule has 1 aromatic rings. The maximum absolute atomic E-state index is 11.5. The fraction of sp³-hybridized carbons (Fsp3) is 0.417. The number of ether oxygens (including phenoxy) is 1. The van der Waals surface area contributed by atoms with Gasteiger partial charge in [-0.3, -0.25) is 0 Å². The lowest BCUT2D eigenvalue weighted by atomic mass is 10.1. The standard InChI is InChI=1S/C12H16N2O2/c15-12(14-10-6-8-13-9-7-10)16-11-4-2-1-3-5-11/h1-5,10,13H,6-9H2,(H,14,15). The molecular formula is C12H16N2O2. The van der Waals surface area contributed by atoms with E-state index >= 15 is 0 Å². The average Bonchev–Trinajstić information content (AvgIpc) is 2.31. The lowest BCUT2D eigenvalue weighted by Crippen LogP contribution is -2.43. The summed E-state index contributed by atoms with van der Waals surface area (Å²) >= 11 is 0. The molecule has 0 radical (unpaired) electrons. The van der Waals surface area contributed by atoms with E-state index in [1.807, 2.05) is 18.2 Å². The van der Waals surface area contributed by atoms with Gasteiger partial charge in [-0.1, -0.05) is 18.2 Å². The summed E-state index contributed by atoms with van der Waals surface area (Å²) in [6.07, 6.45) is 1.56. The van der Waals surface area contributed by atoms with Crippen molar-refractivity contribution in [2.45, 2.75) is 18.9 Å². The van der Waals surface area contributed by atoms with Crippen molar-refractivity contribution in [2.24, 2.45) is 0 Å². The highest BCUT2D eigenvalue weighted by atomic mass is 16.6. The van der Waals surface area contributed by atoms with E-state index in [1.54, 1.807) is 12.1 Å². The van der Waals surface area contributed by atoms with Crippen LogP contribution < -0.4 is 15.4 Å². The highest BCUT2D eigenvalue weighted by Gasteiger charge is 2.16. The van der Waals surface area contributed by atoms with E-state index in [0.717, 1.165) is 25.9 Å². The number of hydrogen-bond donors (Lipinski definition) is 2. The van der Waals surface area contributed by atoms with Gasteiger partial charge in [0, 0.05) is 6.04 Å². The van der Waals surface area contributed by atoms with E-state index in [1.165, 1.54) is 0 Å².